The maximum atomic E-state index is 10.4. The van der Waals surface area contributed by atoms with Crippen molar-refractivity contribution >= 4 is 40.6 Å². The van der Waals surface area contributed by atoms with Gasteiger partial charge < -0.3 is 14.9 Å². The van der Waals surface area contributed by atoms with Crippen LogP contribution >= 0.6 is 34.8 Å². The van der Waals surface area contributed by atoms with Gasteiger partial charge in [-0.05, 0) is 4.92 Å². The molecule has 0 bridgehead atoms. The quantitative estimate of drug-likeness (QED) is 0.445. The highest BCUT2D eigenvalue weighted by atomic mass is 35.6. The molecular formula is C6H4Cl3N3O3. The fraction of sp³-hybridized carbons (Fsp3) is 0.500. The van der Waals surface area contributed by atoms with Gasteiger partial charge in [0.15, 0.2) is 6.10 Å². The molecule has 0 amide bonds. The topological polar surface area (TPSA) is 70.2 Å². The summed E-state index contributed by atoms with van der Waals surface area (Å²) in [6, 6.07) is 0.0954. The zero-order valence-electron chi connectivity index (χ0n) is 7.06. The molecule has 2 rings (SSSR count). The third-order valence-corrected chi connectivity index (χ3v) is 2.62. The van der Waals surface area contributed by atoms with Gasteiger partial charge in [-0.3, -0.25) is 4.57 Å². The van der Waals surface area contributed by atoms with Gasteiger partial charge in [0.2, 0.25) is 3.79 Å². The van der Waals surface area contributed by atoms with E-state index in [1.807, 2.05) is 0 Å². The summed E-state index contributed by atoms with van der Waals surface area (Å²) in [6.45, 7) is 0.229. The van der Waals surface area contributed by atoms with Crippen LogP contribution in [0.25, 0.3) is 0 Å². The van der Waals surface area contributed by atoms with Crippen molar-refractivity contribution in [1.29, 1.82) is 0 Å². The second-order valence-corrected chi connectivity index (χ2v) is 5.31. The number of ether oxygens (including phenoxy) is 1. The molecule has 1 atom stereocenters. The molecule has 0 aromatic carbocycles. The predicted molar refractivity (Wildman–Crippen MR) is 53.6 cm³/mol. The minimum absolute atomic E-state index is 0.0954. The molecular weight excluding hydrogens is 268 g/mol. The Balaban J connectivity index is 2.21. The third kappa shape index (κ3) is 1.97. The van der Waals surface area contributed by atoms with Crippen molar-refractivity contribution in [2.75, 3.05) is 0 Å². The van der Waals surface area contributed by atoms with Crippen LogP contribution in [0, 0.1) is 10.1 Å². The lowest BCUT2D eigenvalue weighted by atomic mass is 10.4. The Bertz CT molecular complexity index is 390. The largest absolute Gasteiger partial charge is 0.436 e. The van der Waals surface area contributed by atoms with Crippen molar-refractivity contribution in [3.05, 3.63) is 16.3 Å². The molecule has 15 heavy (non-hydrogen) atoms. The molecule has 0 saturated carbocycles. The SMILES string of the molecule is O=[N+]([O-])c1cn2c(n1)OC(C(Cl)(Cl)Cl)C2. The van der Waals surface area contributed by atoms with Crippen LogP contribution in [-0.2, 0) is 6.54 Å². The number of nitro groups is 1. The molecule has 82 valence electrons. The van der Waals surface area contributed by atoms with E-state index in [4.69, 9.17) is 39.5 Å². The molecule has 0 fully saturated rings. The van der Waals surface area contributed by atoms with Crippen LogP contribution in [0.4, 0.5) is 5.82 Å². The molecule has 0 radical (unpaired) electrons. The predicted octanol–water partition coefficient (Wildman–Crippen LogP) is 1.92. The monoisotopic (exact) mass is 271 g/mol. The van der Waals surface area contributed by atoms with Crippen LogP contribution in [-0.4, -0.2) is 24.4 Å². The fourth-order valence-corrected chi connectivity index (χ4v) is 1.55. The lowest BCUT2D eigenvalue weighted by Crippen LogP contribution is -2.30. The van der Waals surface area contributed by atoms with E-state index in [0.717, 1.165) is 0 Å². The van der Waals surface area contributed by atoms with Gasteiger partial charge in [-0.2, -0.15) is 0 Å². The lowest BCUT2D eigenvalue weighted by molar-refractivity contribution is -0.389. The smallest absolute Gasteiger partial charge is 0.414 e. The zero-order chi connectivity index (χ0) is 11.2. The Morgan fingerprint density at radius 1 is 1.67 bits per heavy atom. The molecule has 1 aliphatic heterocycles. The summed E-state index contributed by atoms with van der Waals surface area (Å²) in [6.07, 6.45) is 0.567. The first-order valence-electron chi connectivity index (χ1n) is 3.83. The summed E-state index contributed by atoms with van der Waals surface area (Å²) in [5.41, 5.74) is 0. The second-order valence-electron chi connectivity index (χ2n) is 2.94. The van der Waals surface area contributed by atoms with Crippen molar-refractivity contribution in [2.24, 2.45) is 0 Å². The van der Waals surface area contributed by atoms with Crippen LogP contribution < -0.4 is 4.74 Å². The summed E-state index contributed by atoms with van der Waals surface area (Å²) in [4.78, 5) is 13.4. The number of halogens is 3. The standard InChI is InChI=1S/C6H4Cl3N3O3/c7-6(8,9)3-1-11-2-4(12(13)14)10-5(11)15-3/h2-3H,1H2. The van der Waals surface area contributed by atoms with Crippen molar-refractivity contribution in [1.82, 2.24) is 9.55 Å². The minimum atomic E-state index is -1.57. The van der Waals surface area contributed by atoms with E-state index in [0.29, 0.717) is 0 Å². The molecule has 2 heterocycles. The highest BCUT2D eigenvalue weighted by Crippen LogP contribution is 2.38. The molecule has 1 aliphatic rings. The number of hydrogen-bond acceptors (Lipinski definition) is 4. The highest BCUT2D eigenvalue weighted by Gasteiger charge is 2.42. The Morgan fingerprint density at radius 2 is 2.33 bits per heavy atom. The number of hydrogen-bond donors (Lipinski definition) is 0. The number of nitrogens with zero attached hydrogens (tertiary/aromatic N) is 3. The van der Waals surface area contributed by atoms with Crippen molar-refractivity contribution < 1.29 is 9.66 Å². The first kappa shape index (κ1) is 10.8. The van der Waals surface area contributed by atoms with E-state index in [1.54, 1.807) is 0 Å². The summed E-state index contributed by atoms with van der Waals surface area (Å²) in [7, 11) is 0. The van der Waals surface area contributed by atoms with Crippen LogP contribution in [0.3, 0.4) is 0 Å². The van der Waals surface area contributed by atoms with Gasteiger partial charge in [-0.25, -0.2) is 0 Å². The van der Waals surface area contributed by atoms with Crippen molar-refractivity contribution in [3.63, 3.8) is 0 Å². The summed E-state index contributed by atoms with van der Waals surface area (Å²) >= 11 is 16.9. The van der Waals surface area contributed by atoms with Crippen molar-refractivity contribution in [2.45, 2.75) is 16.4 Å². The maximum absolute atomic E-state index is 10.4. The highest BCUT2D eigenvalue weighted by molar-refractivity contribution is 6.68. The van der Waals surface area contributed by atoms with E-state index in [-0.39, 0.29) is 18.4 Å². The van der Waals surface area contributed by atoms with Gasteiger partial charge in [0.1, 0.15) is 6.20 Å². The first-order chi connectivity index (χ1) is 6.88. The number of imidazole rings is 1. The van der Waals surface area contributed by atoms with Gasteiger partial charge in [-0.15, -0.1) is 0 Å². The molecule has 9 heteroatoms. The number of alkyl halides is 3. The number of rotatable bonds is 1. The Hall–Kier alpha value is -0.720. The van der Waals surface area contributed by atoms with E-state index >= 15 is 0 Å². The molecule has 0 N–H and O–H groups in total. The van der Waals surface area contributed by atoms with Gasteiger partial charge in [-0.1, -0.05) is 34.8 Å². The van der Waals surface area contributed by atoms with Gasteiger partial charge in [0.05, 0.1) is 6.54 Å². The lowest BCUT2D eigenvalue weighted by Gasteiger charge is -2.16. The summed E-state index contributed by atoms with van der Waals surface area (Å²) < 4.78 is 5.02. The molecule has 0 spiro atoms. The Morgan fingerprint density at radius 3 is 2.80 bits per heavy atom. The van der Waals surface area contributed by atoms with Gasteiger partial charge in [0, 0.05) is 4.98 Å². The first-order valence-corrected chi connectivity index (χ1v) is 4.96. The normalized spacial score (nSPS) is 19.8. The van der Waals surface area contributed by atoms with Crippen molar-refractivity contribution in [3.8, 4) is 6.01 Å². The molecule has 0 saturated heterocycles. The average Bonchev–Trinajstić information content (AvgIpc) is 2.55. The minimum Gasteiger partial charge on any atom is -0.436 e. The van der Waals surface area contributed by atoms with E-state index in [9.17, 15) is 10.1 Å². The fourth-order valence-electron chi connectivity index (χ4n) is 1.21. The van der Waals surface area contributed by atoms with E-state index < -0.39 is 14.8 Å². The van der Waals surface area contributed by atoms with Crippen LogP contribution in [0.1, 0.15) is 0 Å². The molecule has 1 unspecified atom stereocenters. The van der Waals surface area contributed by atoms with Gasteiger partial charge >= 0.3 is 11.8 Å². The Labute approximate surface area is 98.8 Å². The second kappa shape index (κ2) is 3.40. The Kier molecular flexibility index (Phi) is 2.44. The number of fused-ring (bicyclic) bond motifs is 1. The molecule has 1 aromatic heterocycles. The van der Waals surface area contributed by atoms with Crippen LogP contribution in [0.5, 0.6) is 6.01 Å². The maximum Gasteiger partial charge on any atom is 0.414 e. The van der Waals surface area contributed by atoms with Crippen LogP contribution in [0.2, 0.25) is 0 Å². The summed E-state index contributed by atoms with van der Waals surface area (Å²) in [5.74, 6) is -0.284. The van der Waals surface area contributed by atoms with Gasteiger partial charge in [0.25, 0.3) is 0 Å². The van der Waals surface area contributed by atoms with E-state index in [1.165, 1.54) is 10.8 Å². The molecule has 1 aromatic rings. The van der Waals surface area contributed by atoms with Crippen LogP contribution in [0.15, 0.2) is 6.20 Å². The number of aromatic nitrogens is 2. The summed E-state index contributed by atoms with van der Waals surface area (Å²) in [5, 5.41) is 10.4. The molecule has 0 aliphatic carbocycles. The zero-order valence-corrected chi connectivity index (χ0v) is 9.33. The average molecular weight is 272 g/mol. The third-order valence-electron chi connectivity index (χ3n) is 1.89. The van der Waals surface area contributed by atoms with E-state index in [2.05, 4.69) is 4.98 Å². The molecule has 6 nitrogen and oxygen atoms in total.